The molecule has 1 N–H and O–H groups in total. The number of halogens is 1. The largest absolute Gasteiger partial charge is 0.389 e. The van der Waals surface area contributed by atoms with E-state index in [-0.39, 0.29) is 17.7 Å². The Morgan fingerprint density at radius 2 is 2.00 bits per heavy atom. The van der Waals surface area contributed by atoms with Gasteiger partial charge in [0.1, 0.15) is 0 Å². The SMILES string of the molecule is CC(C)C(C(=O)N(C)CC(C)(C)O)c1cccc(Cl)c1. The van der Waals surface area contributed by atoms with Gasteiger partial charge < -0.3 is 10.0 Å². The van der Waals surface area contributed by atoms with Crippen LogP contribution in [-0.4, -0.2) is 35.1 Å². The molecule has 20 heavy (non-hydrogen) atoms. The monoisotopic (exact) mass is 297 g/mol. The Balaban J connectivity index is 3.00. The Morgan fingerprint density at radius 3 is 2.45 bits per heavy atom. The maximum atomic E-state index is 12.6. The highest BCUT2D eigenvalue weighted by Crippen LogP contribution is 2.28. The molecule has 0 aliphatic heterocycles. The first-order chi connectivity index (χ1) is 9.11. The number of carbonyl (C=O) groups is 1. The molecule has 1 aromatic carbocycles. The van der Waals surface area contributed by atoms with Crippen LogP contribution in [0.1, 0.15) is 39.2 Å². The Bertz CT molecular complexity index is 466. The average molecular weight is 298 g/mol. The van der Waals surface area contributed by atoms with Crippen LogP contribution in [0.5, 0.6) is 0 Å². The van der Waals surface area contributed by atoms with Crippen molar-refractivity contribution < 1.29 is 9.90 Å². The predicted molar refractivity (Wildman–Crippen MR) is 83.0 cm³/mol. The van der Waals surface area contributed by atoms with Crippen molar-refractivity contribution in [1.82, 2.24) is 4.90 Å². The first-order valence-electron chi connectivity index (χ1n) is 6.84. The molecule has 0 saturated heterocycles. The summed E-state index contributed by atoms with van der Waals surface area (Å²) in [5, 5.41) is 10.5. The van der Waals surface area contributed by atoms with Crippen molar-refractivity contribution in [2.45, 2.75) is 39.2 Å². The molecule has 0 radical (unpaired) electrons. The summed E-state index contributed by atoms with van der Waals surface area (Å²) >= 11 is 6.02. The summed E-state index contributed by atoms with van der Waals surface area (Å²) in [6.45, 7) is 7.72. The fourth-order valence-electron chi connectivity index (χ4n) is 2.41. The van der Waals surface area contributed by atoms with Crippen molar-refractivity contribution in [3.8, 4) is 0 Å². The molecule has 0 fully saturated rings. The Labute approximate surface area is 126 Å². The molecule has 0 spiro atoms. The summed E-state index contributed by atoms with van der Waals surface area (Å²) in [6, 6.07) is 7.41. The van der Waals surface area contributed by atoms with Gasteiger partial charge in [-0.3, -0.25) is 4.79 Å². The molecule has 0 saturated carbocycles. The quantitative estimate of drug-likeness (QED) is 0.906. The minimum atomic E-state index is -0.903. The highest BCUT2D eigenvalue weighted by Gasteiger charge is 2.29. The van der Waals surface area contributed by atoms with Crippen molar-refractivity contribution >= 4 is 17.5 Å². The van der Waals surface area contributed by atoms with E-state index in [2.05, 4.69) is 0 Å². The lowest BCUT2D eigenvalue weighted by Gasteiger charge is -2.30. The Morgan fingerprint density at radius 1 is 1.40 bits per heavy atom. The van der Waals surface area contributed by atoms with E-state index in [1.807, 2.05) is 32.0 Å². The van der Waals surface area contributed by atoms with Gasteiger partial charge in [0.25, 0.3) is 0 Å². The fourth-order valence-corrected chi connectivity index (χ4v) is 2.61. The third-order valence-electron chi connectivity index (χ3n) is 3.14. The van der Waals surface area contributed by atoms with Gasteiger partial charge in [0, 0.05) is 18.6 Å². The van der Waals surface area contributed by atoms with E-state index in [0.29, 0.717) is 11.6 Å². The average Bonchev–Trinajstić information content (AvgIpc) is 2.26. The van der Waals surface area contributed by atoms with Crippen LogP contribution < -0.4 is 0 Å². The van der Waals surface area contributed by atoms with Crippen molar-refractivity contribution in [3.05, 3.63) is 34.9 Å². The van der Waals surface area contributed by atoms with E-state index < -0.39 is 5.60 Å². The Hall–Kier alpha value is -1.06. The van der Waals surface area contributed by atoms with Gasteiger partial charge >= 0.3 is 0 Å². The molecule has 1 amide bonds. The van der Waals surface area contributed by atoms with Crippen LogP contribution in [0.25, 0.3) is 0 Å². The zero-order chi connectivity index (χ0) is 15.5. The normalized spacial score (nSPS) is 13.4. The second kappa shape index (κ2) is 6.59. The fraction of sp³-hybridized carbons (Fsp3) is 0.562. The summed E-state index contributed by atoms with van der Waals surface area (Å²) < 4.78 is 0. The third-order valence-corrected chi connectivity index (χ3v) is 3.38. The molecular weight excluding hydrogens is 274 g/mol. The van der Waals surface area contributed by atoms with Crippen LogP contribution in [0.2, 0.25) is 5.02 Å². The van der Waals surface area contributed by atoms with Crippen LogP contribution in [-0.2, 0) is 4.79 Å². The number of aliphatic hydroxyl groups is 1. The zero-order valence-corrected chi connectivity index (χ0v) is 13.6. The molecule has 1 aromatic rings. The van der Waals surface area contributed by atoms with E-state index in [4.69, 9.17) is 11.6 Å². The lowest BCUT2D eigenvalue weighted by Crippen LogP contribution is -2.42. The first-order valence-corrected chi connectivity index (χ1v) is 7.22. The third kappa shape index (κ3) is 4.80. The van der Waals surface area contributed by atoms with Gasteiger partial charge in [-0.2, -0.15) is 0 Å². The zero-order valence-electron chi connectivity index (χ0n) is 12.9. The lowest BCUT2D eigenvalue weighted by molar-refractivity contribution is -0.135. The van der Waals surface area contributed by atoms with Gasteiger partial charge in [-0.15, -0.1) is 0 Å². The molecule has 0 aromatic heterocycles. The maximum Gasteiger partial charge on any atom is 0.230 e. The van der Waals surface area contributed by atoms with Gasteiger partial charge in [0.2, 0.25) is 5.91 Å². The molecule has 0 bridgehead atoms. The summed E-state index contributed by atoms with van der Waals surface area (Å²) in [4.78, 5) is 14.2. The van der Waals surface area contributed by atoms with Crippen LogP contribution in [0, 0.1) is 5.92 Å². The van der Waals surface area contributed by atoms with Gasteiger partial charge in [0.05, 0.1) is 11.5 Å². The molecule has 3 nitrogen and oxygen atoms in total. The van der Waals surface area contributed by atoms with Crippen molar-refractivity contribution in [2.75, 3.05) is 13.6 Å². The number of nitrogens with zero attached hydrogens (tertiary/aromatic N) is 1. The molecule has 4 heteroatoms. The van der Waals surface area contributed by atoms with Crippen molar-refractivity contribution in [1.29, 1.82) is 0 Å². The predicted octanol–water partition coefficient (Wildman–Crippen LogP) is 3.31. The van der Waals surface area contributed by atoms with Gasteiger partial charge in [-0.1, -0.05) is 37.6 Å². The number of hydrogen-bond donors (Lipinski definition) is 1. The molecule has 112 valence electrons. The van der Waals surface area contributed by atoms with E-state index in [1.54, 1.807) is 31.9 Å². The summed E-state index contributed by atoms with van der Waals surface area (Å²) in [7, 11) is 1.72. The van der Waals surface area contributed by atoms with Gasteiger partial charge in [-0.25, -0.2) is 0 Å². The minimum absolute atomic E-state index is 0.00407. The smallest absolute Gasteiger partial charge is 0.230 e. The number of amides is 1. The molecule has 1 unspecified atom stereocenters. The highest BCUT2D eigenvalue weighted by molar-refractivity contribution is 6.30. The number of likely N-dealkylation sites (N-methyl/N-ethyl adjacent to an activating group) is 1. The van der Waals surface area contributed by atoms with E-state index >= 15 is 0 Å². The topological polar surface area (TPSA) is 40.5 Å². The Kier molecular flexibility index (Phi) is 5.60. The highest BCUT2D eigenvalue weighted by atomic mass is 35.5. The van der Waals surface area contributed by atoms with Crippen molar-refractivity contribution in [3.63, 3.8) is 0 Å². The maximum absolute atomic E-state index is 12.6. The molecule has 0 heterocycles. The molecule has 0 aliphatic rings. The lowest BCUT2D eigenvalue weighted by atomic mass is 9.87. The number of rotatable bonds is 5. The minimum Gasteiger partial charge on any atom is -0.389 e. The molecule has 1 atom stereocenters. The molecular formula is C16H24ClNO2. The summed E-state index contributed by atoms with van der Waals surface area (Å²) in [5.41, 5.74) is 0.0142. The summed E-state index contributed by atoms with van der Waals surface area (Å²) in [6.07, 6.45) is 0. The molecule has 1 rings (SSSR count). The van der Waals surface area contributed by atoms with E-state index in [1.165, 1.54) is 0 Å². The summed E-state index contributed by atoms with van der Waals surface area (Å²) in [5.74, 6) is -0.0873. The van der Waals surface area contributed by atoms with Crippen molar-refractivity contribution in [2.24, 2.45) is 5.92 Å². The number of hydrogen-bond acceptors (Lipinski definition) is 2. The van der Waals surface area contributed by atoms with Crippen LogP contribution in [0.4, 0.5) is 0 Å². The van der Waals surface area contributed by atoms with Crippen LogP contribution in [0.15, 0.2) is 24.3 Å². The van der Waals surface area contributed by atoms with Crippen LogP contribution in [0.3, 0.4) is 0 Å². The van der Waals surface area contributed by atoms with Gasteiger partial charge in [-0.05, 0) is 37.5 Å². The standard InChI is InChI=1S/C16H24ClNO2/c1-11(2)14(12-7-6-8-13(17)9-12)15(19)18(5)10-16(3,4)20/h6-9,11,14,20H,10H2,1-5H3. The molecule has 0 aliphatic carbocycles. The van der Waals surface area contributed by atoms with Gasteiger partial charge in [0.15, 0.2) is 0 Å². The number of carbonyl (C=O) groups excluding carboxylic acids is 1. The number of benzene rings is 1. The first kappa shape index (κ1) is 17.0. The second-order valence-electron chi connectivity index (χ2n) is 6.28. The second-order valence-corrected chi connectivity index (χ2v) is 6.72. The van der Waals surface area contributed by atoms with Crippen LogP contribution >= 0.6 is 11.6 Å². The van der Waals surface area contributed by atoms with E-state index in [9.17, 15) is 9.90 Å². The van der Waals surface area contributed by atoms with E-state index in [0.717, 1.165) is 5.56 Å².